The van der Waals surface area contributed by atoms with Gasteiger partial charge in [0.25, 0.3) is 0 Å². The number of carboxylic acid groups (broad SMARTS) is 1. The van der Waals surface area contributed by atoms with Crippen LogP contribution >= 0.6 is 22.6 Å². The van der Waals surface area contributed by atoms with Crippen LogP contribution in [0.25, 0.3) is 0 Å². The second-order valence-electron chi connectivity index (χ2n) is 3.04. The van der Waals surface area contributed by atoms with Gasteiger partial charge in [-0.15, -0.1) is 0 Å². The zero-order valence-electron chi connectivity index (χ0n) is 8.32. The third-order valence-corrected chi connectivity index (χ3v) is 2.69. The number of nitrogens with zero attached hydrogens (tertiary/aromatic N) is 1. The van der Waals surface area contributed by atoms with Gasteiger partial charge in [0.1, 0.15) is 0 Å². The van der Waals surface area contributed by atoms with Crippen LogP contribution in [-0.2, 0) is 4.79 Å². The van der Waals surface area contributed by atoms with Crippen molar-refractivity contribution < 1.29 is 14.7 Å². The molecule has 0 aliphatic carbocycles. The van der Waals surface area contributed by atoms with Crippen LogP contribution in [0.3, 0.4) is 0 Å². The molecule has 0 saturated carbocycles. The molecule has 4 nitrogen and oxygen atoms in total. The normalized spacial score (nSPS) is 9.80. The first kappa shape index (κ1) is 12.0. The van der Waals surface area contributed by atoms with Crippen LogP contribution in [0.1, 0.15) is 17.3 Å². The molecule has 1 aromatic rings. The summed E-state index contributed by atoms with van der Waals surface area (Å²) in [6, 6.07) is 4.87. The van der Waals surface area contributed by atoms with Gasteiger partial charge in [-0.2, -0.15) is 0 Å². The minimum absolute atomic E-state index is 0.133. The highest BCUT2D eigenvalue weighted by molar-refractivity contribution is 14.1. The highest BCUT2D eigenvalue weighted by Crippen LogP contribution is 2.22. The lowest BCUT2D eigenvalue weighted by molar-refractivity contribution is -0.116. The molecule has 0 aromatic heterocycles. The standard InChI is InChI=1S/C10H10INO3/c1-6(13)12(2)9-5-7(11)3-4-8(9)10(14)15/h3-5H,1-2H3,(H,14,15). The number of carboxylic acids is 1. The number of halogens is 1. The highest BCUT2D eigenvalue weighted by Gasteiger charge is 2.15. The maximum absolute atomic E-state index is 11.2. The van der Waals surface area contributed by atoms with Crippen molar-refractivity contribution in [3.8, 4) is 0 Å². The van der Waals surface area contributed by atoms with Gasteiger partial charge in [-0.3, -0.25) is 4.79 Å². The molecule has 80 valence electrons. The van der Waals surface area contributed by atoms with Crippen LogP contribution in [0.4, 0.5) is 5.69 Å². The summed E-state index contributed by atoms with van der Waals surface area (Å²) in [5, 5.41) is 8.95. The Hall–Kier alpha value is -1.11. The van der Waals surface area contributed by atoms with Crippen molar-refractivity contribution in [2.24, 2.45) is 0 Å². The van der Waals surface area contributed by atoms with E-state index in [-0.39, 0.29) is 11.5 Å². The van der Waals surface area contributed by atoms with Crippen LogP contribution in [0.2, 0.25) is 0 Å². The van der Waals surface area contributed by atoms with Crippen LogP contribution in [0.5, 0.6) is 0 Å². The smallest absolute Gasteiger partial charge is 0.337 e. The lowest BCUT2D eigenvalue weighted by atomic mass is 10.1. The molecule has 15 heavy (non-hydrogen) atoms. The van der Waals surface area contributed by atoms with Gasteiger partial charge in [0.15, 0.2) is 0 Å². The summed E-state index contributed by atoms with van der Waals surface area (Å²) in [7, 11) is 1.56. The number of anilines is 1. The van der Waals surface area contributed by atoms with Crippen molar-refractivity contribution in [1.82, 2.24) is 0 Å². The van der Waals surface area contributed by atoms with E-state index in [9.17, 15) is 9.59 Å². The number of benzene rings is 1. The van der Waals surface area contributed by atoms with E-state index in [2.05, 4.69) is 22.6 Å². The van der Waals surface area contributed by atoms with Crippen molar-refractivity contribution in [3.63, 3.8) is 0 Å². The van der Waals surface area contributed by atoms with Gasteiger partial charge in [0.05, 0.1) is 11.3 Å². The summed E-state index contributed by atoms with van der Waals surface area (Å²) >= 11 is 2.07. The Morgan fingerprint density at radius 1 is 1.40 bits per heavy atom. The number of hydrogen-bond acceptors (Lipinski definition) is 2. The Balaban J connectivity index is 3.30. The molecule has 0 bridgehead atoms. The largest absolute Gasteiger partial charge is 0.478 e. The monoisotopic (exact) mass is 319 g/mol. The topological polar surface area (TPSA) is 57.6 Å². The predicted octanol–water partition coefficient (Wildman–Crippen LogP) is 1.97. The summed E-state index contributed by atoms with van der Waals surface area (Å²) in [4.78, 5) is 23.4. The molecule has 1 N–H and O–H groups in total. The van der Waals surface area contributed by atoms with Crippen molar-refractivity contribution >= 4 is 40.2 Å². The molecule has 0 spiro atoms. The molecule has 0 unspecified atom stereocenters. The molecule has 0 aliphatic heterocycles. The average molecular weight is 319 g/mol. The van der Waals surface area contributed by atoms with Crippen LogP contribution in [-0.4, -0.2) is 24.0 Å². The molecular formula is C10H10INO3. The van der Waals surface area contributed by atoms with E-state index in [1.807, 2.05) is 0 Å². The number of rotatable bonds is 2. The maximum atomic E-state index is 11.2. The van der Waals surface area contributed by atoms with Gasteiger partial charge in [0, 0.05) is 17.5 Å². The van der Waals surface area contributed by atoms with Gasteiger partial charge < -0.3 is 10.0 Å². The molecule has 0 atom stereocenters. The Kier molecular flexibility index (Phi) is 3.67. The molecule has 1 rings (SSSR count). The first-order chi connectivity index (χ1) is 6.93. The van der Waals surface area contributed by atoms with E-state index in [0.29, 0.717) is 5.69 Å². The van der Waals surface area contributed by atoms with Crippen molar-refractivity contribution in [1.29, 1.82) is 0 Å². The molecule has 5 heteroatoms. The quantitative estimate of drug-likeness (QED) is 0.848. The molecule has 0 aliphatic rings. The van der Waals surface area contributed by atoms with Crippen LogP contribution < -0.4 is 4.90 Å². The van der Waals surface area contributed by atoms with E-state index in [4.69, 9.17) is 5.11 Å². The average Bonchev–Trinajstić information content (AvgIpc) is 2.15. The van der Waals surface area contributed by atoms with Gasteiger partial charge in [-0.25, -0.2) is 4.79 Å². The maximum Gasteiger partial charge on any atom is 0.337 e. The summed E-state index contributed by atoms with van der Waals surface area (Å²) in [6.07, 6.45) is 0. The predicted molar refractivity (Wildman–Crippen MR) is 65.2 cm³/mol. The fraction of sp³-hybridized carbons (Fsp3) is 0.200. The van der Waals surface area contributed by atoms with Crippen LogP contribution in [0, 0.1) is 3.57 Å². The van der Waals surface area contributed by atoms with E-state index in [0.717, 1.165) is 3.57 Å². The summed E-state index contributed by atoms with van der Waals surface area (Å²) in [5.41, 5.74) is 0.551. The van der Waals surface area contributed by atoms with Crippen molar-refractivity contribution in [3.05, 3.63) is 27.3 Å². The van der Waals surface area contributed by atoms with Gasteiger partial charge in [-0.1, -0.05) is 0 Å². The number of carbonyl (C=O) groups is 2. The summed E-state index contributed by atoms with van der Waals surface area (Å²) in [5.74, 6) is -1.23. The van der Waals surface area contributed by atoms with Crippen molar-refractivity contribution in [2.45, 2.75) is 6.92 Å². The SMILES string of the molecule is CC(=O)N(C)c1cc(I)ccc1C(=O)O. The van der Waals surface area contributed by atoms with E-state index in [1.54, 1.807) is 19.2 Å². The number of hydrogen-bond donors (Lipinski definition) is 1. The minimum atomic E-state index is -1.03. The third kappa shape index (κ3) is 2.68. The fourth-order valence-corrected chi connectivity index (χ4v) is 1.61. The van der Waals surface area contributed by atoms with Crippen LogP contribution in [0.15, 0.2) is 18.2 Å². The summed E-state index contributed by atoms with van der Waals surface area (Å²) in [6.45, 7) is 1.39. The third-order valence-electron chi connectivity index (χ3n) is 2.02. The van der Waals surface area contributed by atoms with E-state index >= 15 is 0 Å². The number of carbonyl (C=O) groups excluding carboxylic acids is 1. The second kappa shape index (κ2) is 4.61. The first-order valence-corrected chi connectivity index (χ1v) is 5.28. The molecule has 1 aromatic carbocycles. The van der Waals surface area contributed by atoms with Gasteiger partial charge in [-0.05, 0) is 40.8 Å². The zero-order valence-corrected chi connectivity index (χ0v) is 10.5. The Labute approximate surface area is 101 Å². The zero-order chi connectivity index (χ0) is 11.6. The first-order valence-electron chi connectivity index (χ1n) is 4.20. The Bertz CT molecular complexity index is 417. The van der Waals surface area contributed by atoms with E-state index in [1.165, 1.54) is 17.9 Å². The molecule has 0 fully saturated rings. The second-order valence-corrected chi connectivity index (χ2v) is 4.29. The lowest BCUT2D eigenvalue weighted by Gasteiger charge is -2.17. The number of amides is 1. The number of aromatic carboxylic acids is 1. The molecular weight excluding hydrogens is 309 g/mol. The van der Waals surface area contributed by atoms with Gasteiger partial charge >= 0.3 is 5.97 Å². The summed E-state index contributed by atoms with van der Waals surface area (Å²) < 4.78 is 0.890. The minimum Gasteiger partial charge on any atom is -0.478 e. The molecule has 1 amide bonds. The lowest BCUT2D eigenvalue weighted by Crippen LogP contribution is -2.25. The van der Waals surface area contributed by atoms with Gasteiger partial charge in [0.2, 0.25) is 5.91 Å². The molecule has 0 saturated heterocycles. The van der Waals surface area contributed by atoms with Crippen molar-refractivity contribution in [2.75, 3.05) is 11.9 Å². The molecule has 0 radical (unpaired) electrons. The Morgan fingerprint density at radius 2 is 2.00 bits per heavy atom. The van der Waals surface area contributed by atoms with E-state index < -0.39 is 5.97 Å². The Morgan fingerprint density at radius 3 is 2.47 bits per heavy atom. The molecule has 0 heterocycles. The highest BCUT2D eigenvalue weighted by atomic mass is 127. The fourth-order valence-electron chi connectivity index (χ4n) is 1.13.